The van der Waals surface area contributed by atoms with Crippen LogP contribution in [0.5, 0.6) is 0 Å². The van der Waals surface area contributed by atoms with Crippen LogP contribution in [0.15, 0.2) is 247 Å². The lowest BCUT2D eigenvalue weighted by atomic mass is 9.69. The fourth-order valence-corrected chi connectivity index (χ4v) is 10.9. The first-order valence-electron chi connectivity index (χ1n) is 22.0. The van der Waals surface area contributed by atoms with Crippen molar-refractivity contribution in [3.8, 4) is 33.6 Å². The van der Waals surface area contributed by atoms with Crippen molar-refractivity contribution >= 4 is 55.9 Å². The first kappa shape index (κ1) is 36.3. The third kappa shape index (κ3) is 5.28. The molecule has 0 aliphatic heterocycles. The number of benzene rings is 10. The Kier molecular flexibility index (Phi) is 8.13. The summed E-state index contributed by atoms with van der Waals surface area (Å²) in [6.07, 6.45) is 0. The van der Waals surface area contributed by atoms with E-state index in [1.807, 2.05) is 0 Å². The topological polar surface area (TPSA) is 19.6 Å². The Morgan fingerprint density at radius 3 is 1.61 bits per heavy atom. The van der Waals surface area contributed by atoms with Gasteiger partial charge in [0.25, 0.3) is 0 Å². The second-order valence-corrected chi connectivity index (χ2v) is 16.8. The molecule has 0 N–H and O–H groups in total. The summed E-state index contributed by atoms with van der Waals surface area (Å²) in [5.41, 5.74) is 17.6. The largest absolute Gasteiger partial charge is 0.456 e. The normalized spacial score (nSPS) is 14.3. The lowest BCUT2D eigenvalue weighted by Gasteiger charge is -2.36. The fraction of sp³-hybridized carbons (Fsp3) is 0.0164. The Morgan fingerprint density at radius 1 is 0.328 bits per heavy atom. The average Bonchev–Trinajstić information content (AvgIpc) is 3.99. The van der Waals surface area contributed by atoms with E-state index >= 15 is 0 Å². The molecular weight excluding hydrogens is 777 g/mol. The molecule has 0 saturated carbocycles. The SMILES string of the molecule is c1ccc(N(c2ccc(-c3cccc4ccccc34)cc2)c2ccc3c(c2)C2(c4ccccc4-3)c3c(cccc3N(c3ccccc3)c3ccccc3)-c3oc4ccccc4c32)cc1. The number of anilines is 6. The van der Waals surface area contributed by atoms with Gasteiger partial charge in [0.05, 0.1) is 11.1 Å². The highest BCUT2D eigenvalue weighted by atomic mass is 16.3. The zero-order valence-electron chi connectivity index (χ0n) is 34.9. The summed E-state index contributed by atoms with van der Waals surface area (Å²) in [4.78, 5) is 4.83. The molecule has 0 radical (unpaired) electrons. The van der Waals surface area contributed by atoms with E-state index in [-0.39, 0.29) is 0 Å². The first-order chi connectivity index (χ1) is 31.8. The Hall–Kier alpha value is -8.40. The Bertz CT molecular complexity index is 3510. The molecule has 0 saturated heterocycles. The smallest absolute Gasteiger partial charge is 0.140 e. The lowest BCUT2D eigenvalue weighted by molar-refractivity contribution is 0.628. The number of fused-ring (bicyclic) bond motifs is 13. The van der Waals surface area contributed by atoms with Crippen molar-refractivity contribution in [2.75, 3.05) is 9.80 Å². The van der Waals surface area contributed by atoms with Gasteiger partial charge in [0.1, 0.15) is 11.3 Å². The molecule has 13 rings (SSSR count). The molecule has 3 heteroatoms. The maximum atomic E-state index is 7.06. The molecule has 1 atom stereocenters. The van der Waals surface area contributed by atoms with Crippen molar-refractivity contribution in [2.45, 2.75) is 5.41 Å². The van der Waals surface area contributed by atoms with E-state index < -0.39 is 5.41 Å². The minimum atomic E-state index is -0.724. The third-order valence-electron chi connectivity index (χ3n) is 13.4. The van der Waals surface area contributed by atoms with Crippen molar-refractivity contribution in [2.24, 2.45) is 0 Å². The molecule has 0 bridgehead atoms. The van der Waals surface area contributed by atoms with Gasteiger partial charge in [-0.25, -0.2) is 0 Å². The molecule has 0 fully saturated rings. The monoisotopic (exact) mass is 816 g/mol. The molecule has 2 aliphatic rings. The lowest BCUT2D eigenvalue weighted by Crippen LogP contribution is -2.28. The highest BCUT2D eigenvalue weighted by molar-refractivity contribution is 6.05. The molecule has 10 aromatic carbocycles. The summed E-state index contributed by atoms with van der Waals surface area (Å²) >= 11 is 0. The Balaban J connectivity index is 1.08. The minimum Gasteiger partial charge on any atom is -0.456 e. The summed E-state index contributed by atoms with van der Waals surface area (Å²) in [6, 6.07) is 88.0. The fourth-order valence-electron chi connectivity index (χ4n) is 10.9. The van der Waals surface area contributed by atoms with Crippen LogP contribution in [-0.4, -0.2) is 0 Å². The quantitative estimate of drug-likeness (QED) is 0.160. The predicted molar refractivity (Wildman–Crippen MR) is 265 cm³/mol. The molecule has 1 heterocycles. The van der Waals surface area contributed by atoms with Gasteiger partial charge in [-0.15, -0.1) is 0 Å². The first-order valence-corrected chi connectivity index (χ1v) is 22.0. The molecule has 2 aliphatic carbocycles. The van der Waals surface area contributed by atoms with Crippen molar-refractivity contribution < 1.29 is 4.42 Å². The van der Waals surface area contributed by atoms with Crippen molar-refractivity contribution in [3.63, 3.8) is 0 Å². The van der Waals surface area contributed by atoms with E-state index in [0.717, 1.165) is 56.4 Å². The summed E-state index contributed by atoms with van der Waals surface area (Å²) in [5.74, 6) is 0.927. The van der Waals surface area contributed by atoms with Crippen LogP contribution < -0.4 is 9.80 Å². The van der Waals surface area contributed by atoms with E-state index in [2.05, 4.69) is 252 Å². The maximum absolute atomic E-state index is 7.06. The summed E-state index contributed by atoms with van der Waals surface area (Å²) in [5, 5.41) is 3.62. The Labute approximate surface area is 372 Å². The molecular formula is C61H40N2O. The zero-order valence-corrected chi connectivity index (χ0v) is 34.9. The zero-order chi connectivity index (χ0) is 42.2. The van der Waals surface area contributed by atoms with Gasteiger partial charge >= 0.3 is 0 Å². The number of para-hydroxylation sites is 4. The van der Waals surface area contributed by atoms with Crippen LogP contribution in [0.2, 0.25) is 0 Å². The minimum absolute atomic E-state index is 0.724. The Morgan fingerprint density at radius 2 is 0.859 bits per heavy atom. The van der Waals surface area contributed by atoms with Crippen LogP contribution in [0, 0.1) is 0 Å². The number of hydrogen-bond acceptors (Lipinski definition) is 3. The van der Waals surface area contributed by atoms with Gasteiger partial charge in [0.2, 0.25) is 0 Å². The molecule has 3 nitrogen and oxygen atoms in total. The van der Waals surface area contributed by atoms with Gasteiger partial charge in [-0.1, -0.05) is 170 Å². The number of nitrogens with zero attached hydrogens (tertiary/aromatic N) is 2. The van der Waals surface area contributed by atoms with Gasteiger partial charge in [-0.2, -0.15) is 0 Å². The van der Waals surface area contributed by atoms with Gasteiger partial charge in [0.15, 0.2) is 0 Å². The van der Waals surface area contributed by atoms with Crippen molar-refractivity contribution in [1.29, 1.82) is 0 Å². The maximum Gasteiger partial charge on any atom is 0.140 e. The average molecular weight is 817 g/mol. The molecule has 64 heavy (non-hydrogen) atoms. The van der Waals surface area contributed by atoms with Gasteiger partial charge in [-0.05, 0) is 117 Å². The van der Waals surface area contributed by atoms with Crippen LogP contribution in [-0.2, 0) is 5.41 Å². The second kappa shape index (κ2) is 14.3. The van der Waals surface area contributed by atoms with E-state index in [0.29, 0.717) is 0 Å². The number of rotatable bonds is 7. The van der Waals surface area contributed by atoms with Gasteiger partial charge in [-0.3, -0.25) is 0 Å². The van der Waals surface area contributed by atoms with E-state index in [1.165, 1.54) is 55.3 Å². The van der Waals surface area contributed by atoms with E-state index in [4.69, 9.17) is 4.42 Å². The van der Waals surface area contributed by atoms with E-state index in [1.54, 1.807) is 0 Å². The summed E-state index contributed by atoms with van der Waals surface area (Å²) in [7, 11) is 0. The molecule has 0 amide bonds. The van der Waals surface area contributed by atoms with Crippen LogP contribution >= 0.6 is 0 Å². The van der Waals surface area contributed by atoms with Crippen LogP contribution in [0.1, 0.15) is 22.3 Å². The summed E-state index contributed by atoms with van der Waals surface area (Å²) < 4.78 is 7.06. The highest BCUT2D eigenvalue weighted by Crippen LogP contribution is 2.67. The van der Waals surface area contributed by atoms with Crippen LogP contribution in [0.25, 0.3) is 55.3 Å². The van der Waals surface area contributed by atoms with Gasteiger partial charge in [0, 0.05) is 50.5 Å². The number of hydrogen-bond donors (Lipinski definition) is 0. The number of furan rings is 1. The van der Waals surface area contributed by atoms with Crippen LogP contribution in [0.4, 0.5) is 34.1 Å². The molecule has 1 aromatic heterocycles. The molecule has 11 aromatic rings. The van der Waals surface area contributed by atoms with Crippen LogP contribution in [0.3, 0.4) is 0 Å². The highest BCUT2D eigenvalue weighted by Gasteiger charge is 2.56. The van der Waals surface area contributed by atoms with Gasteiger partial charge < -0.3 is 14.2 Å². The van der Waals surface area contributed by atoms with E-state index in [9.17, 15) is 0 Å². The second-order valence-electron chi connectivity index (χ2n) is 16.8. The third-order valence-corrected chi connectivity index (χ3v) is 13.4. The standard InChI is InChI=1S/C61H40N2O/c1-4-20-43(21-5-1)62(46-36-34-42(35-37-46)49-29-16-19-41-18-10-11-26-48(41)49)47-38-39-51-50-27-12-14-31-54(50)61(55(51)40-47)58-53(60-59(61)52-28-13-15-33-57(52)64-60)30-17-32-56(58)63(44-22-6-2-7-23-44)45-24-8-3-9-25-45/h1-40H. The molecule has 1 spiro atoms. The molecule has 300 valence electrons. The van der Waals surface area contributed by atoms with Crippen molar-refractivity contribution in [3.05, 3.63) is 265 Å². The molecule has 1 unspecified atom stereocenters. The van der Waals surface area contributed by atoms with Crippen molar-refractivity contribution in [1.82, 2.24) is 0 Å². The predicted octanol–water partition coefficient (Wildman–Crippen LogP) is 16.5. The summed E-state index contributed by atoms with van der Waals surface area (Å²) in [6.45, 7) is 0.